The van der Waals surface area contributed by atoms with Gasteiger partial charge in [-0.25, -0.2) is 0 Å². The Labute approximate surface area is 328 Å². The average Bonchev–Trinajstić information content (AvgIpc) is 1.94. The number of hydrogen-bond donors (Lipinski definition) is 0. The molecular weight excluding hydrogens is 892 g/mol. The second-order valence-corrected chi connectivity index (χ2v) is 21.8. The molecule has 0 aliphatic carbocycles. The fourth-order valence-corrected chi connectivity index (χ4v) is 14.6. The van der Waals surface area contributed by atoms with Gasteiger partial charge in [-0.1, -0.05) is 6.92 Å². The monoisotopic (exact) mass is 920 g/mol. The van der Waals surface area contributed by atoms with Crippen LogP contribution in [0.2, 0.25) is 58.4 Å². The second-order valence-electron chi connectivity index (χ2n) is 6.66. The fraction of sp³-hybridized carbons (Fsp3) is 1.00. The van der Waals surface area contributed by atoms with Crippen LogP contribution in [0.4, 0.5) is 0 Å². The van der Waals surface area contributed by atoms with Crippen LogP contribution >= 0.6 is 0 Å². The number of hydrogen-bond acceptors (Lipinski definition) is 3. The molecule has 29 heavy (non-hydrogen) atoms. The van der Waals surface area contributed by atoms with Crippen molar-refractivity contribution in [3.63, 3.8) is 0 Å². The Bertz CT molecular complexity index is 261. The van der Waals surface area contributed by atoms with Gasteiger partial charge in [0.15, 0.2) is 16.6 Å². The summed E-state index contributed by atoms with van der Waals surface area (Å²) in [6, 6.07) is 0.987. The van der Waals surface area contributed by atoms with Crippen molar-refractivity contribution in [2.24, 2.45) is 0 Å². The molecule has 0 saturated heterocycles. The van der Waals surface area contributed by atoms with Crippen molar-refractivity contribution in [3.05, 3.63) is 0 Å². The number of rotatable bonds is 7. The molecule has 0 aromatic rings. The molecule has 13 radical (unpaired) electrons. The Morgan fingerprint density at radius 2 is 0.759 bits per heavy atom. The van der Waals surface area contributed by atoms with Gasteiger partial charge in [-0.2, -0.15) is 0 Å². The summed E-state index contributed by atoms with van der Waals surface area (Å²) < 4.78 is 18.5. The molecule has 0 spiro atoms. The molecule has 0 heterocycles. The molecule has 0 aliphatic heterocycles. The van der Waals surface area contributed by atoms with Gasteiger partial charge in [0.1, 0.15) is 0 Å². The van der Waals surface area contributed by atoms with Crippen LogP contribution in [0.5, 0.6) is 0 Å². The van der Waals surface area contributed by atoms with Crippen LogP contribution in [0.15, 0.2) is 0 Å². The molecule has 0 rings (SSSR count). The third kappa shape index (κ3) is 61.4. The van der Waals surface area contributed by atoms with E-state index in [2.05, 4.69) is 59.3 Å². The summed E-state index contributed by atoms with van der Waals surface area (Å²) in [6.07, 6.45) is 0. The molecule has 0 amide bonds. The first kappa shape index (κ1) is 83.3. The van der Waals surface area contributed by atoms with E-state index in [1.807, 2.05) is 0 Å². The van der Waals surface area contributed by atoms with Crippen LogP contribution in [-0.2, 0) is 235 Å². The molecule has 0 aromatic heterocycles. The van der Waals surface area contributed by atoms with E-state index >= 15 is 0 Å². The van der Waals surface area contributed by atoms with Crippen molar-refractivity contribution in [3.8, 4) is 0 Å². The van der Waals surface area contributed by atoms with Gasteiger partial charge in [0, 0.05) is 223 Å². The quantitative estimate of drug-likeness (QED) is 0.364. The molecule has 163 valence electrons. The van der Waals surface area contributed by atoms with Gasteiger partial charge in [-0.3, -0.25) is 0 Å². The summed E-state index contributed by atoms with van der Waals surface area (Å²) in [5.41, 5.74) is 0. The molecule has 0 unspecified atom stereocenters. The normalized spacial score (nSPS) is 8.48. The third-order valence-electron chi connectivity index (χ3n) is 1.62. The molecule has 0 bridgehead atoms. The van der Waals surface area contributed by atoms with Gasteiger partial charge >= 0.3 is 17.8 Å². The maximum atomic E-state index is 6.20. The minimum Gasteiger partial charge on any atom is -0.437 e. The first-order valence-electron chi connectivity index (χ1n) is 6.29. The van der Waals surface area contributed by atoms with Crippen molar-refractivity contribution < 1.29 is 235 Å². The summed E-state index contributed by atoms with van der Waals surface area (Å²) in [6.45, 7) is 19.7. The molecule has 0 N–H and O–H groups in total. The van der Waals surface area contributed by atoms with E-state index in [0.717, 1.165) is 6.04 Å². The van der Waals surface area contributed by atoms with Crippen molar-refractivity contribution in [1.82, 2.24) is 0 Å². The standard InChI is InChI=1S/C10H29O3Si4.12V/c1-10-14(11-15(2,3)4)12-17(8,9)13-16(5,6)7;;;;;;;;;;;;/h10H2,1-9H3;;;;;;;;;;;;. The summed E-state index contributed by atoms with van der Waals surface area (Å²) >= 11 is 0. The molecule has 0 fully saturated rings. The molecule has 0 aromatic carbocycles. The van der Waals surface area contributed by atoms with Crippen LogP contribution in [-0.4, -0.2) is 34.5 Å². The fourth-order valence-electron chi connectivity index (χ4n) is 1.54. The molecular formula is C10H29O3Si4V12. The van der Waals surface area contributed by atoms with E-state index in [-0.39, 0.29) is 223 Å². The Kier molecular flexibility index (Phi) is 116. The van der Waals surface area contributed by atoms with Crippen molar-refractivity contribution in [1.29, 1.82) is 0 Å². The van der Waals surface area contributed by atoms with Crippen molar-refractivity contribution in [2.75, 3.05) is 0 Å². The Hall–Kier alpha value is 7.76. The van der Waals surface area contributed by atoms with Crippen LogP contribution in [0.3, 0.4) is 0 Å². The second kappa shape index (κ2) is 40.3. The Morgan fingerprint density at radius 3 is 0.931 bits per heavy atom. The molecule has 0 saturated carbocycles. The van der Waals surface area contributed by atoms with Gasteiger partial charge in [-0.05, 0) is 58.4 Å². The zero-order chi connectivity index (χ0) is 13.9. The van der Waals surface area contributed by atoms with E-state index in [9.17, 15) is 0 Å². The van der Waals surface area contributed by atoms with Gasteiger partial charge in [-0.15, -0.1) is 0 Å². The smallest absolute Gasteiger partial charge is 0.363 e. The molecule has 0 atom stereocenters. The van der Waals surface area contributed by atoms with E-state index in [1.165, 1.54) is 0 Å². The maximum Gasteiger partial charge on any atom is 0.363 e. The predicted molar refractivity (Wildman–Crippen MR) is 83.7 cm³/mol. The van der Waals surface area contributed by atoms with Crippen LogP contribution < -0.4 is 0 Å². The van der Waals surface area contributed by atoms with Crippen molar-refractivity contribution >= 4 is 34.5 Å². The van der Waals surface area contributed by atoms with Crippen LogP contribution in [0, 0.1) is 0 Å². The molecule has 19 heteroatoms. The third-order valence-corrected chi connectivity index (χ3v) is 12.9. The van der Waals surface area contributed by atoms with E-state index in [4.69, 9.17) is 12.3 Å². The zero-order valence-corrected chi connectivity index (χ0v) is 39.1. The van der Waals surface area contributed by atoms with Gasteiger partial charge in [0.25, 0.3) is 0 Å². The zero-order valence-electron chi connectivity index (χ0n) is 18.3. The van der Waals surface area contributed by atoms with Gasteiger partial charge in [0.2, 0.25) is 0 Å². The van der Waals surface area contributed by atoms with Crippen LogP contribution in [0.1, 0.15) is 6.92 Å². The van der Waals surface area contributed by atoms with Gasteiger partial charge in [0.05, 0.1) is 0 Å². The van der Waals surface area contributed by atoms with Crippen molar-refractivity contribution in [2.45, 2.75) is 65.3 Å². The minimum absolute atomic E-state index is 0. The maximum absolute atomic E-state index is 6.20. The SMILES string of the molecule is CC[Si](O[Si](C)(C)C)O[Si](C)(C)O[Si](C)(C)C.[V].[V].[V].[V].[V].[V].[V].[V].[V].[V].[V].[V]. The Balaban J connectivity index is -0.0000000194. The van der Waals surface area contributed by atoms with Gasteiger partial charge < -0.3 is 12.3 Å². The summed E-state index contributed by atoms with van der Waals surface area (Å²) in [5, 5.41) is 0. The summed E-state index contributed by atoms with van der Waals surface area (Å²) in [5.74, 6) is 0. The van der Waals surface area contributed by atoms with E-state index < -0.39 is 34.5 Å². The average molecular weight is 921 g/mol. The topological polar surface area (TPSA) is 27.7 Å². The van der Waals surface area contributed by atoms with Crippen LogP contribution in [0.25, 0.3) is 0 Å². The first-order chi connectivity index (χ1) is 7.35. The van der Waals surface area contributed by atoms with E-state index in [0.29, 0.717) is 0 Å². The largest absolute Gasteiger partial charge is 0.437 e. The summed E-state index contributed by atoms with van der Waals surface area (Å²) in [4.78, 5) is 0. The summed E-state index contributed by atoms with van der Waals surface area (Å²) in [7, 11) is -6.19. The Morgan fingerprint density at radius 1 is 0.483 bits per heavy atom. The molecule has 3 nitrogen and oxygen atoms in total. The minimum atomic E-state index is -2.02. The predicted octanol–water partition coefficient (Wildman–Crippen LogP) is 3.89. The first-order valence-corrected chi connectivity index (χ1v) is 17.4. The van der Waals surface area contributed by atoms with E-state index in [1.54, 1.807) is 0 Å². The molecule has 0 aliphatic rings.